The summed E-state index contributed by atoms with van der Waals surface area (Å²) in [5, 5.41) is 2.96. The molecule has 0 aliphatic rings. The molecule has 1 N–H and O–H groups in total. The van der Waals surface area contributed by atoms with E-state index in [9.17, 15) is 4.79 Å². The molecule has 100 valence electrons. The summed E-state index contributed by atoms with van der Waals surface area (Å²) >= 11 is 3.44. The van der Waals surface area contributed by atoms with Crippen molar-refractivity contribution < 1.29 is 4.79 Å². The van der Waals surface area contributed by atoms with Gasteiger partial charge in [-0.1, -0.05) is 48.7 Å². The number of benzene rings is 1. The highest BCUT2D eigenvalue weighted by atomic mass is 79.9. The largest absolute Gasteiger partial charge is 0.352 e. The minimum atomic E-state index is 0.0141. The first kappa shape index (κ1) is 15.2. The predicted octanol–water partition coefficient (Wildman–Crippen LogP) is 4.31. The Balaban J connectivity index is 2.34. The first-order chi connectivity index (χ1) is 8.50. The molecule has 0 radical (unpaired) electrons. The van der Waals surface area contributed by atoms with Gasteiger partial charge in [-0.2, -0.15) is 0 Å². The van der Waals surface area contributed by atoms with Gasteiger partial charge in [0.1, 0.15) is 0 Å². The number of rotatable bonds is 6. The molecule has 3 heteroatoms. The van der Waals surface area contributed by atoms with Crippen LogP contribution >= 0.6 is 15.9 Å². The van der Waals surface area contributed by atoms with E-state index in [1.807, 2.05) is 25.1 Å². The van der Waals surface area contributed by atoms with Gasteiger partial charge >= 0.3 is 0 Å². The molecule has 0 fully saturated rings. The summed E-state index contributed by atoms with van der Waals surface area (Å²) in [6, 6.07) is 5.69. The molecule has 0 aromatic heterocycles. The molecule has 0 saturated carbocycles. The van der Waals surface area contributed by atoms with Crippen LogP contribution < -0.4 is 5.32 Å². The van der Waals surface area contributed by atoms with E-state index in [4.69, 9.17) is 0 Å². The maximum atomic E-state index is 11.9. The van der Waals surface area contributed by atoms with E-state index >= 15 is 0 Å². The lowest BCUT2D eigenvalue weighted by molar-refractivity contribution is 0.0953. The second-order valence-electron chi connectivity index (χ2n) is 5.11. The highest BCUT2D eigenvalue weighted by Gasteiger charge is 2.06. The van der Waals surface area contributed by atoms with Gasteiger partial charge in [-0.15, -0.1) is 0 Å². The van der Waals surface area contributed by atoms with Crippen LogP contribution in [0.2, 0.25) is 0 Å². The summed E-state index contributed by atoms with van der Waals surface area (Å²) in [4.78, 5) is 11.9. The van der Waals surface area contributed by atoms with Crippen molar-refractivity contribution in [1.82, 2.24) is 5.32 Å². The molecule has 18 heavy (non-hydrogen) atoms. The molecule has 0 saturated heterocycles. The summed E-state index contributed by atoms with van der Waals surface area (Å²) in [5.41, 5.74) is 1.86. The Hall–Kier alpha value is -0.830. The average molecular weight is 312 g/mol. The summed E-state index contributed by atoms with van der Waals surface area (Å²) in [6.07, 6.45) is 3.46. The number of amides is 1. The van der Waals surface area contributed by atoms with Crippen molar-refractivity contribution >= 4 is 21.8 Å². The van der Waals surface area contributed by atoms with Gasteiger partial charge in [0, 0.05) is 16.6 Å². The number of nitrogens with one attached hydrogen (secondary N) is 1. The Morgan fingerprint density at radius 1 is 1.33 bits per heavy atom. The first-order valence-corrected chi connectivity index (χ1v) is 7.34. The number of hydrogen-bond acceptors (Lipinski definition) is 1. The van der Waals surface area contributed by atoms with Crippen molar-refractivity contribution in [3.63, 3.8) is 0 Å². The summed E-state index contributed by atoms with van der Waals surface area (Å²) in [6.45, 7) is 7.22. The second kappa shape index (κ2) is 7.57. The Labute approximate surface area is 118 Å². The fourth-order valence-corrected chi connectivity index (χ4v) is 2.09. The average Bonchev–Trinajstić information content (AvgIpc) is 2.31. The van der Waals surface area contributed by atoms with Crippen LogP contribution in [0.15, 0.2) is 22.7 Å². The maximum absolute atomic E-state index is 11.9. The standard InChI is InChI=1S/C15H22BrNO/c1-11(2)6-4-5-9-17-15(18)13-8-7-12(3)14(16)10-13/h7-8,10-11H,4-6,9H2,1-3H3,(H,17,18). The van der Waals surface area contributed by atoms with Gasteiger partial charge in [0.15, 0.2) is 0 Å². The first-order valence-electron chi connectivity index (χ1n) is 6.55. The van der Waals surface area contributed by atoms with Crippen molar-refractivity contribution in [3.8, 4) is 0 Å². The molecule has 0 unspecified atom stereocenters. The van der Waals surface area contributed by atoms with E-state index in [1.165, 1.54) is 12.8 Å². The zero-order chi connectivity index (χ0) is 13.5. The Morgan fingerprint density at radius 2 is 2.06 bits per heavy atom. The molecule has 0 atom stereocenters. The van der Waals surface area contributed by atoms with Crippen LogP contribution in [0.25, 0.3) is 0 Å². The van der Waals surface area contributed by atoms with E-state index in [0.29, 0.717) is 0 Å². The zero-order valence-corrected chi connectivity index (χ0v) is 13.0. The van der Waals surface area contributed by atoms with Gasteiger partial charge in [0.05, 0.1) is 0 Å². The number of aryl methyl sites for hydroxylation is 1. The molecule has 0 aliphatic carbocycles. The van der Waals surface area contributed by atoms with Crippen LogP contribution in [0, 0.1) is 12.8 Å². The molecule has 1 rings (SSSR count). The molecule has 1 aromatic rings. The highest BCUT2D eigenvalue weighted by Crippen LogP contribution is 2.17. The van der Waals surface area contributed by atoms with Crippen LogP contribution in [0.5, 0.6) is 0 Å². The number of unbranched alkanes of at least 4 members (excludes halogenated alkanes) is 1. The third-order valence-electron chi connectivity index (χ3n) is 2.93. The number of hydrogen-bond donors (Lipinski definition) is 1. The van der Waals surface area contributed by atoms with Crippen molar-refractivity contribution in [2.75, 3.05) is 6.54 Å². The third kappa shape index (κ3) is 5.21. The fourth-order valence-electron chi connectivity index (χ4n) is 1.72. The van der Waals surface area contributed by atoms with Gasteiger partial charge < -0.3 is 5.32 Å². The SMILES string of the molecule is Cc1ccc(C(=O)NCCCCC(C)C)cc1Br. The van der Waals surface area contributed by atoms with E-state index in [-0.39, 0.29) is 5.91 Å². The lowest BCUT2D eigenvalue weighted by atomic mass is 10.1. The molecule has 0 bridgehead atoms. The Kier molecular flexibility index (Phi) is 6.41. The smallest absolute Gasteiger partial charge is 0.251 e. The van der Waals surface area contributed by atoms with Crippen LogP contribution in [0.3, 0.4) is 0 Å². The van der Waals surface area contributed by atoms with Crippen molar-refractivity contribution in [3.05, 3.63) is 33.8 Å². The van der Waals surface area contributed by atoms with E-state index in [1.54, 1.807) is 0 Å². The van der Waals surface area contributed by atoms with Gasteiger partial charge in [-0.3, -0.25) is 4.79 Å². The molecule has 0 spiro atoms. The maximum Gasteiger partial charge on any atom is 0.251 e. The normalized spacial score (nSPS) is 10.7. The zero-order valence-electron chi connectivity index (χ0n) is 11.4. The van der Waals surface area contributed by atoms with Gasteiger partial charge in [0.2, 0.25) is 0 Å². The number of carbonyl (C=O) groups is 1. The lowest BCUT2D eigenvalue weighted by Gasteiger charge is -2.07. The Morgan fingerprint density at radius 3 is 2.67 bits per heavy atom. The van der Waals surface area contributed by atoms with Crippen LogP contribution in [-0.2, 0) is 0 Å². The topological polar surface area (TPSA) is 29.1 Å². The fraction of sp³-hybridized carbons (Fsp3) is 0.533. The second-order valence-corrected chi connectivity index (χ2v) is 5.96. The van der Waals surface area contributed by atoms with Crippen molar-refractivity contribution in [2.24, 2.45) is 5.92 Å². The predicted molar refractivity (Wildman–Crippen MR) is 79.9 cm³/mol. The summed E-state index contributed by atoms with van der Waals surface area (Å²) in [7, 11) is 0. The quantitative estimate of drug-likeness (QED) is 0.779. The number of carbonyl (C=O) groups excluding carboxylic acids is 1. The summed E-state index contributed by atoms with van der Waals surface area (Å²) in [5.74, 6) is 0.758. The van der Waals surface area contributed by atoms with Gasteiger partial charge in [-0.05, 0) is 37.0 Å². The summed E-state index contributed by atoms with van der Waals surface area (Å²) < 4.78 is 0.981. The van der Waals surface area contributed by atoms with Crippen LogP contribution in [0.4, 0.5) is 0 Å². The lowest BCUT2D eigenvalue weighted by Crippen LogP contribution is -2.24. The van der Waals surface area contributed by atoms with Gasteiger partial charge in [0.25, 0.3) is 5.91 Å². The molecule has 0 heterocycles. The Bertz CT molecular complexity index is 401. The molecule has 1 aromatic carbocycles. The monoisotopic (exact) mass is 311 g/mol. The van der Waals surface area contributed by atoms with E-state index < -0.39 is 0 Å². The molecular formula is C15H22BrNO. The number of halogens is 1. The molecular weight excluding hydrogens is 290 g/mol. The van der Waals surface area contributed by atoms with Crippen molar-refractivity contribution in [2.45, 2.75) is 40.0 Å². The third-order valence-corrected chi connectivity index (χ3v) is 3.78. The van der Waals surface area contributed by atoms with E-state index in [2.05, 4.69) is 35.1 Å². The minimum absolute atomic E-state index is 0.0141. The highest BCUT2D eigenvalue weighted by molar-refractivity contribution is 9.10. The molecule has 1 amide bonds. The van der Waals surface area contributed by atoms with E-state index in [0.717, 1.165) is 34.5 Å². The molecule has 0 aliphatic heterocycles. The van der Waals surface area contributed by atoms with Crippen molar-refractivity contribution in [1.29, 1.82) is 0 Å². The van der Waals surface area contributed by atoms with Crippen LogP contribution in [-0.4, -0.2) is 12.5 Å². The molecule has 2 nitrogen and oxygen atoms in total. The van der Waals surface area contributed by atoms with Crippen LogP contribution in [0.1, 0.15) is 49.0 Å². The van der Waals surface area contributed by atoms with Gasteiger partial charge in [-0.25, -0.2) is 0 Å². The minimum Gasteiger partial charge on any atom is -0.352 e.